The van der Waals surface area contributed by atoms with E-state index in [1.807, 2.05) is 25.1 Å². The van der Waals surface area contributed by atoms with E-state index < -0.39 is 23.2 Å². The van der Waals surface area contributed by atoms with Gasteiger partial charge in [-0.2, -0.15) is 0 Å². The Kier molecular flexibility index (Phi) is 3.43. The van der Waals surface area contributed by atoms with Gasteiger partial charge in [0.2, 0.25) is 5.91 Å². The van der Waals surface area contributed by atoms with Gasteiger partial charge in [-0.1, -0.05) is 35.8 Å². The van der Waals surface area contributed by atoms with E-state index in [1.165, 1.54) is 0 Å². The van der Waals surface area contributed by atoms with Crippen LogP contribution in [0.15, 0.2) is 22.7 Å². The molecule has 0 spiro atoms. The van der Waals surface area contributed by atoms with Crippen LogP contribution in [0.5, 0.6) is 0 Å². The van der Waals surface area contributed by atoms with E-state index in [2.05, 4.69) is 21.2 Å². The Morgan fingerprint density at radius 2 is 1.95 bits per heavy atom. The molecule has 0 aromatic heterocycles. The molecule has 0 unspecified atom stereocenters. The molecule has 1 aromatic rings. The van der Waals surface area contributed by atoms with Crippen molar-refractivity contribution in [3.63, 3.8) is 0 Å². The van der Waals surface area contributed by atoms with Crippen LogP contribution < -0.4 is 5.32 Å². The fourth-order valence-electron chi connectivity index (χ4n) is 2.48. The summed E-state index contributed by atoms with van der Waals surface area (Å²) in [5, 5.41) is 11.8. The van der Waals surface area contributed by atoms with Crippen molar-refractivity contribution in [1.82, 2.24) is 0 Å². The number of carboxylic acids is 1. The summed E-state index contributed by atoms with van der Waals surface area (Å²) < 4.78 is 0.912. The first-order valence-corrected chi connectivity index (χ1v) is 6.84. The highest BCUT2D eigenvalue weighted by molar-refractivity contribution is 9.10. The van der Waals surface area contributed by atoms with Crippen molar-refractivity contribution in [1.29, 1.82) is 0 Å². The molecule has 2 N–H and O–H groups in total. The van der Waals surface area contributed by atoms with Gasteiger partial charge in [-0.15, -0.1) is 0 Å². The predicted molar refractivity (Wildman–Crippen MR) is 75.9 cm³/mol. The molecule has 2 atom stereocenters. The summed E-state index contributed by atoms with van der Waals surface area (Å²) in [5.74, 6) is -2.20. The maximum Gasteiger partial charge on any atom is 0.307 e. The Morgan fingerprint density at radius 3 is 2.42 bits per heavy atom. The first kappa shape index (κ1) is 14.1. The van der Waals surface area contributed by atoms with Gasteiger partial charge < -0.3 is 10.4 Å². The number of halogens is 1. The minimum Gasteiger partial charge on any atom is -0.481 e. The van der Waals surface area contributed by atoms with Crippen LogP contribution in [-0.4, -0.2) is 17.0 Å². The summed E-state index contributed by atoms with van der Waals surface area (Å²) in [5.41, 5.74) is 1.28. The summed E-state index contributed by atoms with van der Waals surface area (Å²) in [4.78, 5) is 23.2. The SMILES string of the molecule is Cc1ccc(NC(=O)[C@H]2[C@@H](C(=O)O)C2(C)C)cc1Br. The number of anilines is 1. The minimum absolute atomic E-state index is 0.229. The summed E-state index contributed by atoms with van der Waals surface area (Å²) in [6.07, 6.45) is 0. The number of carboxylic acid groups (broad SMARTS) is 1. The van der Waals surface area contributed by atoms with Crippen molar-refractivity contribution in [2.45, 2.75) is 20.8 Å². The Morgan fingerprint density at radius 1 is 1.32 bits per heavy atom. The molecule has 0 radical (unpaired) electrons. The lowest BCUT2D eigenvalue weighted by Crippen LogP contribution is -2.17. The van der Waals surface area contributed by atoms with Crippen molar-refractivity contribution in [3.05, 3.63) is 28.2 Å². The first-order chi connectivity index (χ1) is 8.75. The van der Waals surface area contributed by atoms with Crippen LogP contribution in [0.2, 0.25) is 0 Å². The van der Waals surface area contributed by atoms with Gasteiger partial charge in [-0.3, -0.25) is 9.59 Å². The van der Waals surface area contributed by atoms with Crippen LogP contribution in [-0.2, 0) is 9.59 Å². The van der Waals surface area contributed by atoms with Crippen molar-refractivity contribution >= 4 is 33.5 Å². The number of benzene rings is 1. The second-order valence-electron chi connectivity index (χ2n) is 5.57. The molecule has 1 aliphatic rings. The fraction of sp³-hybridized carbons (Fsp3) is 0.429. The zero-order valence-corrected chi connectivity index (χ0v) is 12.6. The molecular formula is C14H16BrNO3. The number of aryl methyl sites for hydroxylation is 1. The maximum absolute atomic E-state index is 12.1. The van der Waals surface area contributed by atoms with E-state index in [9.17, 15) is 9.59 Å². The smallest absolute Gasteiger partial charge is 0.307 e. The molecule has 19 heavy (non-hydrogen) atoms. The number of hydrogen-bond acceptors (Lipinski definition) is 2. The standard InChI is InChI=1S/C14H16BrNO3/c1-7-4-5-8(6-9(7)15)16-12(17)10-11(13(18)19)14(10,2)3/h4-6,10-11H,1-3H3,(H,16,17)(H,18,19)/t10-,11+/m1/s1. The topological polar surface area (TPSA) is 66.4 Å². The lowest BCUT2D eigenvalue weighted by Gasteiger charge is -2.07. The molecule has 1 fully saturated rings. The van der Waals surface area contributed by atoms with Crippen LogP contribution in [0.4, 0.5) is 5.69 Å². The molecule has 2 rings (SSSR count). The third-order valence-electron chi connectivity index (χ3n) is 3.82. The Hall–Kier alpha value is -1.36. The number of carbonyl (C=O) groups is 2. The van der Waals surface area contributed by atoms with E-state index in [0.29, 0.717) is 5.69 Å². The van der Waals surface area contributed by atoms with Gasteiger partial charge in [0, 0.05) is 10.2 Å². The van der Waals surface area contributed by atoms with Gasteiger partial charge in [-0.25, -0.2) is 0 Å². The van der Waals surface area contributed by atoms with Gasteiger partial charge in [0.1, 0.15) is 0 Å². The van der Waals surface area contributed by atoms with Gasteiger partial charge in [0.05, 0.1) is 11.8 Å². The van der Waals surface area contributed by atoms with Crippen LogP contribution in [0.1, 0.15) is 19.4 Å². The average Bonchev–Trinajstić information content (AvgIpc) is 2.87. The van der Waals surface area contributed by atoms with E-state index in [4.69, 9.17) is 5.11 Å². The average molecular weight is 326 g/mol. The molecule has 1 amide bonds. The minimum atomic E-state index is -0.907. The van der Waals surface area contributed by atoms with Gasteiger partial charge >= 0.3 is 5.97 Å². The largest absolute Gasteiger partial charge is 0.481 e. The van der Waals surface area contributed by atoms with Crippen molar-refractivity contribution in [2.24, 2.45) is 17.3 Å². The van der Waals surface area contributed by atoms with Crippen LogP contribution in [0.25, 0.3) is 0 Å². The molecule has 1 aromatic carbocycles. The molecule has 4 nitrogen and oxygen atoms in total. The number of rotatable bonds is 3. The van der Waals surface area contributed by atoms with Crippen LogP contribution in [0, 0.1) is 24.2 Å². The number of hydrogen-bond donors (Lipinski definition) is 2. The van der Waals surface area contributed by atoms with Crippen molar-refractivity contribution in [2.75, 3.05) is 5.32 Å². The monoisotopic (exact) mass is 325 g/mol. The second-order valence-corrected chi connectivity index (χ2v) is 6.42. The third-order valence-corrected chi connectivity index (χ3v) is 4.67. The number of aliphatic carboxylic acids is 1. The quantitative estimate of drug-likeness (QED) is 0.897. The molecule has 0 bridgehead atoms. The van der Waals surface area contributed by atoms with Gasteiger partial charge in [0.25, 0.3) is 0 Å². The van der Waals surface area contributed by atoms with E-state index in [1.54, 1.807) is 13.8 Å². The number of amides is 1. The summed E-state index contributed by atoms with van der Waals surface area (Å²) in [6.45, 7) is 5.57. The molecule has 0 saturated heterocycles. The molecule has 102 valence electrons. The van der Waals surface area contributed by atoms with Crippen molar-refractivity contribution < 1.29 is 14.7 Å². The lowest BCUT2D eigenvalue weighted by atomic mass is 10.1. The summed E-state index contributed by atoms with van der Waals surface area (Å²) in [6, 6.07) is 5.52. The number of carbonyl (C=O) groups excluding carboxylic acids is 1. The molecule has 5 heteroatoms. The van der Waals surface area contributed by atoms with E-state index in [-0.39, 0.29) is 5.91 Å². The Bertz CT molecular complexity index is 554. The fourth-order valence-corrected chi connectivity index (χ4v) is 2.86. The highest BCUT2D eigenvalue weighted by Crippen LogP contribution is 2.58. The Balaban J connectivity index is 2.10. The number of nitrogens with one attached hydrogen (secondary N) is 1. The maximum atomic E-state index is 12.1. The molecule has 0 aliphatic heterocycles. The predicted octanol–water partition coefficient (Wildman–Crippen LogP) is 3.05. The zero-order chi connectivity index (χ0) is 14.4. The van der Waals surface area contributed by atoms with E-state index >= 15 is 0 Å². The molecular weight excluding hydrogens is 310 g/mol. The Labute approximate surface area is 120 Å². The lowest BCUT2D eigenvalue weighted by molar-refractivity contribution is -0.140. The van der Waals surface area contributed by atoms with Gasteiger partial charge in [-0.05, 0) is 30.0 Å². The van der Waals surface area contributed by atoms with Crippen molar-refractivity contribution in [3.8, 4) is 0 Å². The highest BCUT2D eigenvalue weighted by atomic mass is 79.9. The zero-order valence-electron chi connectivity index (χ0n) is 11.0. The molecule has 1 aliphatic carbocycles. The van der Waals surface area contributed by atoms with Gasteiger partial charge in [0.15, 0.2) is 0 Å². The van der Waals surface area contributed by atoms with Crippen LogP contribution >= 0.6 is 15.9 Å². The van der Waals surface area contributed by atoms with Crippen LogP contribution in [0.3, 0.4) is 0 Å². The summed E-state index contributed by atoms with van der Waals surface area (Å²) >= 11 is 3.40. The van der Waals surface area contributed by atoms with E-state index in [0.717, 1.165) is 10.0 Å². The molecule has 0 heterocycles. The normalized spacial score (nSPS) is 23.8. The molecule has 1 saturated carbocycles. The first-order valence-electron chi connectivity index (χ1n) is 6.05. The second kappa shape index (κ2) is 4.63. The summed E-state index contributed by atoms with van der Waals surface area (Å²) in [7, 11) is 0. The highest BCUT2D eigenvalue weighted by Gasteiger charge is 2.65. The third kappa shape index (κ3) is 2.52.